The molecule has 3 atom stereocenters. The van der Waals surface area contributed by atoms with Crippen molar-refractivity contribution in [3.63, 3.8) is 0 Å². The molecule has 9 nitrogen and oxygen atoms in total. The van der Waals surface area contributed by atoms with E-state index in [4.69, 9.17) is 4.74 Å². The van der Waals surface area contributed by atoms with Gasteiger partial charge in [-0.05, 0) is 30.9 Å². The molecular weight excluding hydrogens is 352 g/mol. The summed E-state index contributed by atoms with van der Waals surface area (Å²) >= 11 is 0. The third-order valence-electron chi connectivity index (χ3n) is 4.86. The maximum absolute atomic E-state index is 12.3. The molecule has 3 rings (SSSR count). The van der Waals surface area contributed by atoms with E-state index < -0.39 is 18.2 Å². The second-order valence-corrected chi connectivity index (χ2v) is 6.85. The lowest BCUT2D eigenvalue weighted by atomic mass is 10.1. The molecule has 2 fully saturated rings. The molecule has 1 saturated carbocycles. The van der Waals surface area contributed by atoms with Crippen LogP contribution in [0.5, 0.6) is 0 Å². The number of carbonyl (C=O) groups is 3. The normalized spacial score (nSPS) is 24.6. The molecule has 0 unspecified atom stereocenters. The molecule has 1 aliphatic carbocycles. The van der Waals surface area contributed by atoms with E-state index >= 15 is 0 Å². The van der Waals surface area contributed by atoms with Gasteiger partial charge in [-0.3, -0.25) is 19.5 Å². The van der Waals surface area contributed by atoms with Gasteiger partial charge in [-0.2, -0.15) is 0 Å². The van der Waals surface area contributed by atoms with Gasteiger partial charge in [0, 0.05) is 24.9 Å². The molecule has 0 bridgehead atoms. The molecular formula is C18H24N4O5. The molecule has 3 amide bonds. The van der Waals surface area contributed by atoms with E-state index in [2.05, 4.69) is 15.6 Å². The summed E-state index contributed by atoms with van der Waals surface area (Å²) in [5, 5.41) is 15.8. The van der Waals surface area contributed by atoms with E-state index in [-0.39, 0.29) is 30.9 Å². The lowest BCUT2D eigenvalue weighted by Crippen LogP contribution is -2.45. The number of cyclic esters (lactones) is 1. The zero-order chi connectivity index (χ0) is 19.2. The lowest BCUT2D eigenvalue weighted by Gasteiger charge is -2.18. The van der Waals surface area contributed by atoms with Crippen molar-refractivity contribution in [3.8, 4) is 0 Å². The number of aromatic nitrogens is 1. The number of ether oxygens (including phenoxy) is 1. The highest BCUT2D eigenvalue weighted by Gasteiger charge is 2.38. The predicted octanol–water partition coefficient (Wildman–Crippen LogP) is -0.552. The molecule has 2 heterocycles. The van der Waals surface area contributed by atoms with Crippen LogP contribution >= 0.6 is 0 Å². The topological polar surface area (TPSA) is 121 Å². The number of hydrogen-bond acceptors (Lipinski definition) is 6. The Labute approximate surface area is 157 Å². The number of amides is 3. The van der Waals surface area contributed by atoms with E-state index in [1.807, 2.05) is 12.1 Å². The number of pyridine rings is 1. The Morgan fingerprint density at radius 3 is 2.93 bits per heavy atom. The summed E-state index contributed by atoms with van der Waals surface area (Å²) in [5.74, 6) is -0.843. The fourth-order valence-electron chi connectivity index (χ4n) is 3.40. The molecule has 3 N–H and O–H groups in total. The Kier molecular flexibility index (Phi) is 6.23. The molecule has 1 aromatic rings. The number of nitrogens with one attached hydrogen (secondary N) is 2. The Hall–Kier alpha value is -2.68. The third-order valence-corrected chi connectivity index (χ3v) is 4.86. The smallest absolute Gasteiger partial charge is 0.410 e. The van der Waals surface area contributed by atoms with E-state index in [1.165, 1.54) is 4.90 Å². The van der Waals surface area contributed by atoms with Gasteiger partial charge in [0.05, 0.1) is 18.7 Å². The summed E-state index contributed by atoms with van der Waals surface area (Å²) in [6.45, 7) is 1.04. The standard InChI is InChI=1S/C18H24N4O5/c23-15-9-13(17(25)20-5-3-12-2-1-4-19-10-12)8-14(15)21-16(24)11-22-6-7-27-18(22)26/h1-2,4,10,13-15,23H,3,5-9,11H2,(H,20,25)(H,21,24)/t13-,14-,15-/m0/s1. The van der Waals surface area contributed by atoms with Crippen LogP contribution in [0.15, 0.2) is 24.5 Å². The van der Waals surface area contributed by atoms with Gasteiger partial charge in [0.2, 0.25) is 11.8 Å². The highest BCUT2D eigenvalue weighted by Crippen LogP contribution is 2.26. The second kappa shape index (κ2) is 8.81. The second-order valence-electron chi connectivity index (χ2n) is 6.85. The minimum atomic E-state index is -0.784. The average molecular weight is 376 g/mol. The molecule has 1 aromatic heterocycles. The number of nitrogens with zero attached hydrogens (tertiary/aromatic N) is 2. The maximum atomic E-state index is 12.3. The SMILES string of the molecule is O=C(CN1CCOC1=O)N[C@H]1C[C@H](C(=O)NCCc2cccnc2)C[C@@H]1O. The highest BCUT2D eigenvalue weighted by molar-refractivity contribution is 5.83. The van der Waals surface area contributed by atoms with Crippen molar-refractivity contribution in [3.05, 3.63) is 30.1 Å². The van der Waals surface area contributed by atoms with Crippen LogP contribution in [0.2, 0.25) is 0 Å². The zero-order valence-corrected chi connectivity index (χ0v) is 15.0. The maximum Gasteiger partial charge on any atom is 0.410 e. The number of aliphatic hydroxyl groups is 1. The first kappa shape index (κ1) is 19.1. The quantitative estimate of drug-likeness (QED) is 0.587. The first-order chi connectivity index (χ1) is 13.0. The Balaban J connectivity index is 1.41. The van der Waals surface area contributed by atoms with Crippen LogP contribution in [-0.4, -0.2) is 71.3 Å². The van der Waals surface area contributed by atoms with Crippen LogP contribution in [0.25, 0.3) is 0 Å². The van der Waals surface area contributed by atoms with Crippen LogP contribution in [0.4, 0.5) is 4.79 Å². The van der Waals surface area contributed by atoms with Gasteiger partial charge in [-0.15, -0.1) is 0 Å². The molecule has 146 valence electrons. The summed E-state index contributed by atoms with van der Waals surface area (Å²) < 4.78 is 4.78. The van der Waals surface area contributed by atoms with Gasteiger partial charge >= 0.3 is 6.09 Å². The van der Waals surface area contributed by atoms with Crippen LogP contribution in [0.1, 0.15) is 18.4 Å². The molecule has 27 heavy (non-hydrogen) atoms. The first-order valence-electron chi connectivity index (χ1n) is 9.08. The van der Waals surface area contributed by atoms with E-state index in [0.29, 0.717) is 32.4 Å². The Morgan fingerprint density at radius 2 is 2.22 bits per heavy atom. The molecule has 9 heteroatoms. The number of carbonyl (C=O) groups excluding carboxylic acids is 3. The summed E-state index contributed by atoms with van der Waals surface area (Å²) in [4.78, 5) is 41.1. The summed E-state index contributed by atoms with van der Waals surface area (Å²) in [5.41, 5.74) is 1.04. The van der Waals surface area contributed by atoms with Crippen LogP contribution < -0.4 is 10.6 Å². The Morgan fingerprint density at radius 1 is 1.37 bits per heavy atom. The lowest BCUT2D eigenvalue weighted by molar-refractivity contribution is -0.125. The molecule has 1 aliphatic heterocycles. The van der Waals surface area contributed by atoms with Gasteiger partial charge in [0.25, 0.3) is 0 Å². The van der Waals surface area contributed by atoms with Gasteiger partial charge in [0.1, 0.15) is 13.2 Å². The van der Waals surface area contributed by atoms with Crippen LogP contribution in [0, 0.1) is 5.92 Å². The van der Waals surface area contributed by atoms with E-state index in [0.717, 1.165) is 5.56 Å². The number of rotatable bonds is 7. The monoisotopic (exact) mass is 376 g/mol. The van der Waals surface area contributed by atoms with Gasteiger partial charge in [-0.1, -0.05) is 6.07 Å². The predicted molar refractivity (Wildman–Crippen MR) is 94.5 cm³/mol. The minimum absolute atomic E-state index is 0.107. The van der Waals surface area contributed by atoms with Crippen LogP contribution in [-0.2, 0) is 20.7 Å². The van der Waals surface area contributed by atoms with Crippen molar-refractivity contribution in [1.82, 2.24) is 20.5 Å². The molecule has 0 aromatic carbocycles. The first-order valence-corrected chi connectivity index (χ1v) is 9.08. The highest BCUT2D eigenvalue weighted by atomic mass is 16.6. The fourth-order valence-corrected chi connectivity index (χ4v) is 3.40. The molecule has 0 spiro atoms. The van der Waals surface area contributed by atoms with Crippen molar-refractivity contribution in [2.75, 3.05) is 26.2 Å². The third kappa shape index (κ3) is 5.16. The molecule has 1 saturated heterocycles. The largest absolute Gasteiger partial charge is 0.448 e. The van der Waals surface area contributed by atoms with Crippen molar-refractivity contribution >= 4 is 17.9 Å². The summed E-state index contributed by atoms with van der Waals surface area (Å²) in [7, 11) is 0. The zero-order valence-electron chi connectivity index (χ0n) is 15.0. The van der Waals surface area contributed by atoms with Gasteiger partial charge < -0.3 is 20.5 Å². The average Bonchev–Trinajstić information content (AvgIpc) is 3.22. The van der Waals surface area contributed by atoms with Crippen molar-refractivity contribution in [1.29, 1.82) is 0 Å². The van der Waals surface area contributed by atoms with E-state index in [1.54, 1.807) is 12.4 Å². The summed E-state index contributed by atoms with van der Waals surface area (Å²) in [6, 6.07) is 3.30. The van der Waals surface area contributed by atoms with Crippen molar-refractivity contribution in [2.45, 2.75) is 31.4 Å². The number of aliphatic hydroxyl groups excluding tert-OH is 1. The molecule has 2 aliphatic rings. The molecule has 0 radical (unpaired) electrons. The fraction of sp³-hybridized carbons (Fsp3) is 0.556. The van der Waals surface area contributed by atoms with Crippen molar-refractivity contribution in [2.24, 2.45) is 5.92 Å². The van der Waals surface area contributed by atoms with Crippen LogP contribution in [0.3, 0.4) is 0 Å². The Bertz CT molecular complexity index is 684. The minimum Gasteiger partial charge on any atom is -0.448 e. The van der Waals surface area contributed by atoms with Crippen molar-refractivity contribution < 1.29 is 24.2 Å². The number of hydrogen-bond donors (Lipinski definition) is 3. The van der Waals surface area contributed by atoms with Gasteiger partial charge in [0.15, 0.2) is 0 Å². The summed E-state index contributed by atoms with van der Waals surface area (Å²) in [6.07, 6.45) is 3.51. The van der Waals surface area contributed by atoms with Gasteiger partial charge in [-0.25, -0.2) is 4.79 Å². The van der Waals surface area contributed by atoms with E-state index in [9.17, 15) is 19.5 Å².